The number of hydrogen-bond donors (Lipinski definition) is 2. The van der Waals surface area contributed by atoms with Crippen LogP contribution in [0.3, 0.4) is 0 Å². The number of aromatic hydroxyl groups is 1. The Labute approximate surface area is 135 Å². The zero-order valence-corrected chi connectivity index (χ0v) is 13.7. The van der Waals surface area contributed by atoms with Gasteiger partial charge in [0.25, 0.3) is 0 Å². The van der Waals surface area contributed by atoms with Gasteiger partial charge in [-0.25, -0.2) is 4.79 Å². The fourth-order valence-electron chi connectivity index (χ4n) is 2.51. The van der Waals surface area contributed by atoms with Crippen molar-refractivity contribution in [3.63, 3.8) is 0 Å². The maximum atomic E-state index is 12.1. The van der Waals surface area contributed by atoms with Gasteiger partial charge in [0, 0.05) is 6.07 Å². The van der Waals surface area contributed by atoms with Gasteiger partial charge < -0.3 is 19.4 Å². The molecule has 0 saturated heterocycles. The molecule has 23 heavy (non-hydrogen) atoms. The van der Waals surface area contributed by atoms with Crippen LogP contribution in [0.1, 0.15) is 38.7 Å². The Bertz CT molecular complexity index is 704. The summed E-state index contributed by atoms with van der Waals surface area (Å²) in [5, 5.41) is 19.6. The number of fused-ring (bicyclic) bond motifs is 1. The number of ether oxygens (including phenoxy) is 1. The van der Waals surface area contributed by atoms with E-state index in [0.717, 1.165) is 19.3 Å². The highest BCUT2D eigenvalue weighted by molar-refractivity contribution is 5.85. The van der Waals surface area contributed by atoms with E-state index in [-0.39, 0.29) is 24.5 Å². The summed E-state index contributed by atoms with van der Waals surface area (Å²) in [6.07, 6.45) is 3.48. The van der Waals surface area contributed by atoms with Crippen molar-refractivity contribution in [3.8, 4) is 11.5 Å². The van der Waals surface area contributed by atoms with Crippen molar-refractivity contribution in [1.29, 1.82) is 0 Å². The van der Waals surface area contributed by atoms with Crippen molar-refractivity contribution in [2.75, 3.05) is 13.2 Å². The van der Waals surface area contributed by atoms with Crippen LogP contribution in [0.15, 0.2) is 27.4 Å². The van der Waals surface area contributed by atoms with E-state index in [1.807, 2.05) is 0 Å². The minimum Gasteiger partial charge on any atom is -0.507 e. The van der Waals surface area contributed by atoms with E-state index in [4.69, 9.17) is 14.3 Å². The fourth-order valence-corrected chi connectivity index (χ4v) is 2.51. The minimum absolute atomic E-state index is 0.00545. The van der Waals surface area contributed by atoms with E-state index in [1.54, 1.807) is 18.2 Å². The van der Waals surface area contributed by atoms with E-state index in [0.29, 0.717) is 29.0 Å². The summed E-state index contributed by atoms with van der Waals surface area (Å²) < 4.78 is 10.6. The van der Waals surface area contributed by atoms with E-state index in [9.17, 15) is 9.90 Å². The SMILES string of the molecule is CCC(C)CCCc1c(O)c2ccc(OCCO)cc2oc1=O. The third kappa shape index (κ3) is 4.26. The molecule has 1 unspecified atom stereocenters. The topological polar surface area (TPSA) is 79.9 Å². The third-order valence-electron chi connectivity index (χ3n) is 4.12. The molecule has 5 nitrogen and oxygen atoms in total. The quantitative estimate of drug-likeness (QED) is 0.730. The molecule has 0 saturated carbocycles. The van der Waals surface area contributed by atoms with Crippen molar-refractivity contribution in [3.05, 3.63) is 34.2 Å². The van der Waals surface area contributed by atoms with Gasteiger partial charge in [0.05, 0.1) is 17.6 Å². The Morgan fingerprint density at radius 2 is 2.13 bits per heavy atom. The molecule has 0 aliphatic rings. The second-order valence-corrected chi connectivity index (χ2v) is 5.85. The number of aliphatic hydroxyl groups excluding tert-OH is 1. The number of benzene rings is 1. The highest BCUT2D eigenvalue weighted by atomic mass is 16.5. The summed E-state index contributed by atoms with van der Waals surface area (Å²) in [5.74, 6) is 1.09. The lowest BCUT2D eigenvalue weighted by molar-refractivity contribution is 0.201. The van der Waals surface area contributed by atoms with Gasteiger partial charge in [0.15, 0.2) is 0 Å². The largest absolute Gasteiger partial charge is 0.507 e. The van der Waals surface area contributed by atoms with Crippen molar-refractivity contribution < 1.29 is 19.4 Å². The molecule has 0 spiro atoms. The van der Waals surface area contributed by atoms with E-state index >= 15 is 0 Å². The zero-order valence-electron chi connectivity index (χ0n) is 13.7. The van der Waals surface area contributed by atoms with Crippen LogP contribution in [0.4, 0.5) is 0 Å². The maximum absolute atomic E-state index is 12.1. The zero-order chi connectivity index (χ0) is 16.8. The van der Waals surface area contributed by atoms with E-state index < -0.39 is 5.63 Å². The molecule has 0 aliphatic carbocycles. The van der Waals surface area contributed by atoms with Gasteiger partial charge in [-0.3, -0.25) is 0 Å². The lowest BCUT2D eigenvalue weighted by Crippen LogP contribution is -2.09. The first-order chi connectivity index (χ1) is 11.1. The normalized spacial score (nSPS) is 12.5. The van der Waals surface area contributed by atoms with Gasteiger partial charge in [-0.15, -0.1) is 0 Å². The second-order valence-electron chi connectivity index (χ2n) is 5.85. The van der Waals surface area contributed by atoms with Crippen LogP contribution in [-0.2, 0) is 6.42 Å². The lowest BCUT2D eigenvalue weighted by Gasteiger charge is -2.10. The summed E-state index contributed by atoms with van der Waals surface area (Å²) in [5.41, 5.74) is 0.122. The third-order valence-corrected chi connectivity index (χ3v) is 4.12. The smallest absolute Gasteiger partial charge is 0.343 e. The van der Waals surface area contributed by atoms with Gasteiger partial charge in [-0.05, 0) is 30.9 Å². The molecule has 0 aliphatic heterocycles. The van der Waals surface area contributed by atoms with Crippen LogP contribution in [0.5, 0.6) is 11.5 Å². The average Bonchev–Trinajstić information content (AvgIpc) is 2.55. The van der Waals surface area contributed by atoms with Crippen molar-refractivity contribution >= 4 is 11.0 Å². The predicted molar refractivity (Wildman–Crippen MR) is 89.1 cm³/mol. The molecule has 1 atom stereocenters. The number of hydrogen-bond acceptors (Lipinski definition) is 5. The second kappa shape index (κ2) is 8.02. The Morgan fingerprint density at radius 1 is 1.35 bits per heavy atom. The fraction of sp³-hybridized carbons (Fsp3) is 0.500. The molecule has 126 valence electrons. The lowest BCUT2D eigenvalue weighted by atomic mass is 9.99. The summed E-state index contributed by atoms with van der Waals surface area (Å²) in [6, 6.07) is 4.90. The molecule has 2 aromatic rings. The molecule has 2 rings (SSSR count). The summed E-state index contributed by atoms with van der Waals surface area (Å²) in [4.78, 5) is 12.1. The van der Waals surface area contributed by atoms with Gasteiger partial charge in [-0.2, -0.15) is 0 Å². The van der Waals surface area contributed by atoms with Gasteiger partial charge in [-0.1, -0.05) is 26.7 Å². The van der Waals surface area contributed by atoms with Crippen LogP contribution in [0.25, 0.3) is 11.0 Å². The number of aliphatic hydroxyl groups is 1. The molecule has 2 N–H and O–H groups in total. The monoisotopic (exact) mass is 320 g/mol. The summed E-state index contributed by atoms with van der Waals surface area (Å²) in [6.45, 7) is 4.39. The van der Waals surface area contributed by atoms with Crippen LogP contribution in [0, 0.1) is 5.92 Å². The van der Waals surface area contributed by atoms with Crippen LogP contribution < -0.4 is 10.4 Å². The molecule has 0 fully saturated rings. The van der Waals surface area contributed by atoms with Crippen molar-refractivity contribution in [2.24, 2.45) is 5.92 Å². The van der Waals surface area contributed by atoms with Gasteiger partial charge in [0.1, 0.15) is 23.7 Å². The highest BCUT2D eigenvalue weighted by Crippen LogP contribution is 2.30. The Hall–Kier alpha value is -2.01. The molecule has 1 heterocycles. The Kier molecular flexibility index (Phi) is 6.04. The predicted octanol–water partition coefficient (Wildman–Crippen LogP) is 3.24. The molecule has 0 radical (unpaired) electrons. The maximum Gasteiger partial charge on any atom is 0.343 e. The number of rotatable bonds is 8. The highest BCUT2D eigenvalue weighted by Gasteiger charge is 2.14. The Morgan fingerprint density at radius 3 is 2.83 bits per heavy atom. The van der Waals surface area contributed by atoms with Crippen molar-refractivity contribution in [2.45, 2.75) is 39.5 Å². The first-order valence-corrected chi connectivity index (χ1v) is 8.09. The Balaban J connectivity index is 2.25. The van der Waals surface area contributed by atoms with Crippen molar-refractivity contribution in [1.82, 2.24) is 0 Å². The first kappa shape index (κ1) is 17.3. The van der Waals surface area contributed by atoms with Gasteiger partial charge >= 0.3 is 5.63 Å². The van der Waals surface area contributed by atoms with Crippen LogP contribution in [0.2, 0.25) is 0 Å². The molecular formula is C18H24O5. The van der Waals surface area contributed by atoms with E-state index in [2.05, 4.69) is 13.8 Å². The van der Waals surface area contributed by atoms with E-state index in [1.165, 1.54) is 0 Å². The standard InChI is InChI=1S/C18H24O5/c1-3-12(2)5-4-6-15-17(20)14-8-7-13(22-10-9-19)11-16(14)23-18(15)21/h7-8,11-12,19-20H,3-6,9-10H2,1-2H3. The molecule has 5 heteroatoms. The van der Waals surface area contributed by atoms with Gasteiger partial charge in [0.2, 0.25) is 0 Å². The summed E-state index contributed by atoms with van der Waals surface area (Å²) >= 11 is 0. The molecule has 1 aromatic carbocycles. The molecular weight excluding hydrogens is 296 g/mol. The molecule has 0 bridgehead atoms. The van der Waals surface area contributed by atoms with Crippen LogP contribution in [-0.4, -0.2) is 23.4 Å². The van der Waals surface area contributed by atoms with Crippen LogP contribution >= 0.6 is 0 Å². The summed E-state index contributed by atoms with van der Waals surface area (Å²) in [7, 11) is 0. The molecule has 0 amide bonds. The minimum atomic E-state index is -0.501. The average molecular weight is 320 g/mol. The first-order valence-electron chi connectivity index (χ1n) is 8.09. The molecule has 1 aromatic heterocycles.